The molecular formula is C15H15ClN2O3S. The van der Waals surface area contributed by atoms with Gasteiger partial charge in [-0.3, -0.25) is 9.59 Å². The Morgan fingerprint density at radius 3 is 2.59 bits per heavy atom. The maximum atomic E-state index is 11.6. The van der Waals surface area contributed by atoms with Gasteiger partial charge in [-0.05, 0) is 24.6 Å². The predicted molar refractivity (Wildman–Crippen MR) is 86.1 cm³/mol. The Kier molecular flexibility index (Phi) is 7.64. The van der Waals surface area contributed by atoms with Crippen LogP contribution < -0.4 is 0 Å². The first-order valence-corrected chi connectivity index (χ1v) is 7.92. The molecule has 1 aromatic carbocycles. The number of halogens is 1. The number of rotatable bonds is 8. The van der Waals surface area contributed by atoms with Gasteiger partial charge < -0.3 is 10.1 Å². The lowest BCUT2D eigenvalue weighted by Gasteiger charge is -2.07. The van der Waals surface area contributed by atoms with E-state index in [1.807, 2.05) is 12.1 Å². The van der Waals surface area contributed by atoms with E-state index in [0.29, 0.717) is 10.8 Å². The van der Waals surface area contributed by atoms with Gasteiger partial charge in [0.2, 0.25) is 0 Å². The third kappa shape index (κ3) is 6.29. The molecule has 0 aliphatic carbocycles. The van der Waals surface area contributed by atoms with E-state index in [0.717, 1.165) is 5.56 Å². The van der Waals surface area contributed by atoms with E-state index in [9.17, 15) is 9.59 Å². The van der Waals surface area contributed by atoms with E-state index in [2.05, 4.69) is 0 Å². The van der Waals surface area contributed by atoms with Crippen molar-refractivity contribution in [1.82, 2.24) is 0 Å². The van der Waals surface area contributed by atoms with Crippen LogP contribution in [0, 0.1) is 22.7 Å². The molecule has 0 aliphatic heterocycles. The molecule has 1 atom stereocenters. The lowest BCUT2D eigenvalue weighted by atomic mass is 10.0. The number of esters is 1. The lowest BCUT2D eigenvalue weighted by molar-refractivity contribution is -0.145. The van der Waals surface area contributed by atoms with Crippen LogP contribution in [0.5, 0.6) is 0 Å². The molecule has 1 aromatic rings. The topological polar surface area (TPSA) is 91.0 Å². The van der Waals surface area contributed by atoms with Gasteiger partial charge in [0.25, 0.3) is 0 Å². The number of ketones is 1. The van der Waals surface area contributed by atoms with Crippen molar-refractivity contribution in [3.05, 3.63) is 34.9 Å². The Balaban J connectivity index is 2.29. The van der Waals surface area contributed by atoms with Gasteiger partial charge in [-0.15, -0.1) is 11.8 Å². The quantitative estimate of drug-likeness (QED) is 0.581. The zero-order valence-corrected chi connectivity index (χ0v) is 13.5. The van der Waals surface area contributed by atoms with Crippen molar-refractivity contribution in [1.29, 1.82) is 10.7 Å². The van der Waals surface area contributed by atoms with Gasteiger partial charge in [0, 0.05) is 16.5 Å². The zero-order valence-electron chi connectivity index (χ0n) is 12.0. The fourth-order valence-corrected chi connectivity index (χ4v) is 2.43. The summed E-state index contributed by atoms with van der Waals surface area (Å²) in [6.45, 7) is 0.893. The number of nitriles is 1. The summed E-state index contributed by atoms with van der Waals surface area (Å²) in [4.78, 5) is 23.1. The third-order valence-corrected chi connectivity index (χ3v) is 3.89. The number of nitrogens with zero attached hydrogens (tertiary/aromatic N) is 1. The van der Waals surface area contributed by atoms with E-state index >= 15 is 0 Å². The van der Waals surface area contributed by atoms with Crippen molar-refractivity contribution in [2.45, 2.75) is 12.7 Å². The average molecular weight is 339 g/mol. The second kappa shape index (κ2) is 9.23. The zero-order chi connectivity index (χ0) is 16.5. The first kappa shape index (κ1) is 18.2. The Hall–Kier alpha value is -1.84. The van der Waals surface area contributed by atoms with Crippen LogP contribution in [-0.2, 0) is 20.1 Å². The molecule has 0 aromatic heterocycles. The standard InChI is InChI=1S/C15H15ClN2O3S/c1-10(18)13(6-17)14(19)7-21-15(20)9-22-8-11-2-4-12(16)5-3-11/h2-5,13,18H,7-9H2,1H3. The Bertz CT molecular complexity index is 596. The molecule has 0 fully saturated rings. The van der Waals surface area contributed by atoms with E-state index in [1.54, 1.807) is 18.2 Å². The number of nitrogens with one attached hydrogen (secondary N) is 1. The highest BCUT2D eigenvalue weighted by atomic mass is 35.5. The lowest BCUT2D eigenvalue weighted by Crippen LogP contribution is -2.26. The van der Waals surface area contributed by atoms with Gasteiger partial charge in [-0.25, -0.2) is 0 Å². The fourth-order valence-electron chi connectivity index (χ4n) is 1.52. The molecule has 1 rings (SSSR count). The molecule has 0 aliphatic rings. The van der Waals surface area contributed by atoms with Crippen LogP contribution in [0.2, 0.25) is 5.02 Å². The number of Topliss-reactive ketones (excluding diaryl/α,β-unsaturated/α-hetero) is 1. The molecule has 0 amide bonds. The van der Waals surface area contributed by atoms with Gasteiger partial charge in [0.15, 0.2) is 12.4 Å². The minimum Gasteiger partial charge on any atom is -0.457 e. The third-order valence-electron chi connectivity index (χ3n) is 2.66. The van der Waals surface area contributed by atoms with Crippen LogP contribution >= 0.6 is 23.4 Å². The summed E-state index contributed by atoms with van der Waals surface area (Å²) >= 11 is 7.13. The van der Waals surface area contributed by atoms with E-state index < -0.39 is 24.3 Å². The minimum atomic E-state index is -1.14. The summed E-state index contributed by atoms with van der Waals surface area (Å²) in [6, 6.07) is 9.00. The number of hydrogen-bond acceptors (Lipinski definition) is 6. The van der Waals surface area contributed by atoms with Crippen molar-refractivity contribution >= 4 is 40.8 Å². The number of thioether (sulfide) groups is 1. The van der Waals surface area contributed by atoms with E-state index in [-0.39, 0.29) is 11.5 Å². The largest absolute Gasteiger partial charge is 0.457 e. The van der Waals surface area contributed by atoms with Crippen molar-refractivity contribution in [2.24, 2.45) is 5.92 Å². The number of carbonyl (C=O) groups excluding carboxylic acids is 2. The van der Waals surface area contributed by atoms with Crippen molar-refractivity contribution < 1.29 is 14.3 Å². The van der Waals surface area contributed by atoms with Crippen LogP contribution in [0.15, 0.2) is 24.3 Å². The van der Waals surface area contributed by atoms with Gasteiger partial charge in [-0.2, -0.15) is 5.26 Å². The first-order valence-electron chi connectivity index (χ1n) is 6.39. The average Bonchev–Trinajstić information content (AvgIpc) is 2.47. The molecule has 0 saturated heterocycles. The predicted octanol–water partition coefficient (Wildman–Crippen LogP) is 2.86. The molecule has 0 saturated carbocycles. The number of carbonyl (C=O) groups is 2. The summed E-state index contributed by atoms with van der Waals surface area (Å²) < 4.78 is 4.82. The normalized spacial score (nSPS) is 11.3. The van der Waals surface area contributed by atoms with Crippen LogP contribution in [0.1, 0.15) is 12.5 Å². The van der Waals surface area contributed by atoms with Gasteiger partial charge in [-0.1, -0.05) is 23.7 Å². The smallest absolute Gasteiger partial charge is 0.316 e. The molecule has 0 bridgehead atoms. The molecule has 7 heteroatoms. The maximum absolute atomic E-state index is 11.6. The van der Waals surface area contributed by atoms with Gasteiger partial charge in [0.1, 0.15) is 5.92 Å². The van der Waals surface area contributed by atoms with E-state index in [1.165, 1.54) is 18.7 Å². The second-order valence-corrected chi connectivity index (χ2v) is 5.91. The molecular weight excluding hydrogens is 324 g/mol. The highest BCUT2D eigenvalue weighted by Gasteiger charge is 2.21. The van der Waals surface area contributed by atoms with Crippen LogP contribution in [0.3, 0.4) is 0 Å². The fraction of sp³-hybridized carbons (Fsp3) is 0.333. The van der Waals surface area contributed by atoms with Gasteiger partial charge in [0.05, 0.1) is 11.8 Å². The SMILES string of the molecule is CC(=N)C(C#N)C(=O)COC(=O)CSCc1ccc(Cl)cc1. The molecule has 0 spiro atoms. The summed E-state index contributed by atoms with van der Waals surface area (Å²) in [5, 5.41) is 16.7. The minimum absolute atomic E-state index is 0.0549. The molecule has 0 radical (unpaired) electrons. The Morgan fingerprint density at radius 2 is 2.05 bits per heavy atom. The molecule has 1 unspecified atom stereocenters. The highest BCUT2D eigenvalue weighted by molar-refractivity contribution is 7.99. The number of ether oxygens (including phenoxy) is 1. The summed E-state index contributed by atoms with van der Waals surface area (Å²) in [5.41, 5.74) is 0.975. The van der Waals surface area contributed by atoms with Crippen LogP contribution in [0.4, 0.5) is 0 Å². The first-order chi connectivity index (χ1) is 10.4. The number of hydrogen-bond donors (Lipinski definition) is 1. The summed E-state index contributed by atoms with van der Waals surface area (Å²) in [5.74, 6) is -1.51. The maximum Gasteiger partial charge on any atom is 0.316 e. The van der Waals surface area contributed by atoms with Crippen molar-refractivity contribution in [2.75, 3.05) is 12.4 Å². The molecule has 0 heterocycles. The highest BCUT2D eigenvalue weighted by Crippen LogP contribution is 2.15. The monoisotopic (exact) mass is 338 g/mol. The van der Waals surface area contributed by atoms with Crippen molar-refractivity contribution in [3.8, 4) is 6.07 Å². The summed E-state index contributed by atoms with van der Waals surface area (Å²) in [7, 11) is 0. The molecule has 22 heavy (non-hydrogen) atoms. The Labute approximate surface area is 138 Å². The second-order valence-electron chi connectivity index (χ2n) is 4.49. The Morgan fingerprint density at radius 1 is 1.41 bits per heavy atom. The molecule has 5 nitrogen and oxygen atoms in total. The summed E-state index contributed by atoms with van der Waals surface area (Å²) in [6.07, 6.45) is 0. The molecule has 116 valence electrons. The number of benzene rings is 1. The van der Waals surface area contributed by atoms with E-state index in [4.69, 9.17) is 27.0 Å². The van der Waals surface area contributed by atoms with Gasteiger partial charge >= 0.3 is 5.97 Å². The van der Waals surface area contributed by atoms with Crippen LogP contribution in [-0.4, -0.2) is 29.8 Å². The van der Waals surface area contributed by atoms with Crippen molar-refractivity contribution in [3.63, 3.8) is 0 Å². The molecule has 1 N–H and O–H groups in total. The van der Waals surface area contributed by atoms with Crippen LogP contribution in [0.25, 0.3) is 0 Å².